The smallest absolute Gasteiger partial charge is 0.233 e. The molecule has 2 aromatic carbocycles. The van der Waals surface area contributed by atoms with Gasteiger partial charge in [-0.3, -0.25) is 9.78 Å². The Morgan fingerprint density at radius 3 is 2.42 bits per heavy atom. The summed E-state index contributed by atoms with van der Waals surface area (Å²) in [5, 5.41) is 4.86. The minimum absolute atomic E-state index is 0.0659. The summed E-state index contributed by atoms with van der Waals surface area (Å²) < 4.78 is 1.91. The van der Waals surface area contributed by atoms with Crippen LogP contribution in [-0.2, 0) is 11.2 Å². The van der Waals surface area contributed by atoms with Crippen molar-refractivity contribution in [1.29, 1.82) is 0 Å². The second-order valence-corrected chi connectivity index (χ2v) is 8.47. The molecule has 0 spiro atoms. The Morgan fingerprint density at radius 1 is 0.935 bits per heavy atom. The topological polar surface area (TPSA) is 51.0 Å². The maximum Gasteiger partial charge on any atom is 0.233 e. The summed E-state index contributed by atoms with van der Waals surface area (Å²) >= 11 is 1.67. The van der Waals surface area contributed by atoms with Crippen LogP contribution in [0.1, 0.15) is 16.6 Å². The molecule has 0 aliphatic carbocycles. The van der Waals surface area contributed by atoms with Crippen LogP contribution in [0.3, 0.4) is 0 Å². The van der Waals surface area contributed by atoms with Crippen LogP contribution < -0.4 is 0 Å². The van der Waals surface area contributed by atoms with Crippen molar-refractivity contribution in [2.45, 2.75) is 11.8 Å². The number of rotatable bonds is 6. The van der Waals surface area contributed by atoms with Crippen molar-refractivity contribution in [3.8, 4) is 16.9 Å². The van der Waals surface area contributed by atoms with Crippen LogP contribution in [0.2, 0.25) is 0 Å². The van der Waals surface area contributed by atoms with E-state index in [2.05, 4.69) is 23.3 Å². The van der Waals surface area contributed by atoms with Crippen LogP contribution in [0.5, 0.6) is 0 Å². The summed E-state index contributed by atoms with van der Waals surface area (Å²) in [5.74, 6) is 0.648. The van der Waals surface area contributed by atoms with Crippen molar-refractivity contribution in [3.05, 3.63) is 103 Å². The molecule has 154 valence electrons. The number of para-hydroxylation sites is 1. The first kappa shape index (κ1) is 19.6. The number of nitrogens with zero attached hydrogens (tertiary/aromatic N) is 4. The first-order valence-electron chi connectivity index (χ1n) is 10.3. The molecule has 1 saturated heterocycles. The van der Waals surface area contributed by atoms with Gasteiger partial charge in [0.05, 0.1) is 17.1 Å². The Hall–Kier alpha value is -3.38. The van der Waals surface area contributed by atoms with Gasteiger partial charge in [0, 0.05) is 42.2 Å². The number of aromatic nitrogens is 3. The number of carbonyl (C=O) groups is 1. The van der Waals surface area contributed by atoms with Crippen molar-refractivity contribution in [2.75, 3.05) is 12.3 Å². The molecule has 0 N–H and O–H groups in total. The number of carbonyl (C=O) groups excluding carboxylic acids is 1. The molecule has 1 atom stereocenters. The number of benzene rings is 2. The molecule has 5 nitrogen and oxygen atoms in total. The summed E-state index contributed by atoms with van der Waals surface area (Å²) in [7, 11) is 0. The van der Waals surface area contributed by atoms with Gasteiger partial charge in [-0.15, -0.1) is 11.8 Å². The van der Waals surface area contributed by atoms with Gasteiger partial charge in [-0.25, -0.2) is 4.68 Å². The molecule has 1 aliphatic heterocycles. The van der Waals surface area contributed by atoms with Crippen LogP contribution in [0, 0.1) is 0 Å². The second-order valence-electron chi connectivity index (χ2n) is 7.40. The van der Waals surface area contributed by atoms with Gasteiger partial charge in [0.15, 0.2) is 0 Å². The molecule has 0 radical (unpaired) electrons. The highest BCUT2D eigenvalue weighted by molar-refractivity contribution is 8.00. The van der Waals surface area contributed by atoms with Crippen molar-refractivity contribution < 1.29 is 4.79 Å². The Morgan fingerprint density at radius 2 is 1.68 bits per heavy atom. The fraction of sp³-hybridized carbons (Fsp3) is 0.160. The van der Waals surface area contributed by atoms with E-state index >= 15 is 0 Å². The number of hydrogen-bond acceptors (Lipinski definition) is 4. The first-order valence-corrected chi connectivity index (χ1v) is 11.4. The number of thioether (sulfide) groups is 1. The van der Waals surface area contributed by atoms with Crippen LogP contribution in [0.15, 0.2) is 91.3 Å². The van der Waals surface area contributed by atoms with E-state index in [0.717, 1.165) is 34.6 Å². The summed E-state index contributed by atoms with van der Waals surface area (Å²) in [4.78, 5) is 19.1. The summed E-state index contributed by atoms with van der Waals surface area (Å²) in [5.41, 5.74) is 5.03. The summed E-state index contributed by atoms with van der Waals surface area (Å²) in [6.07, 6.45) is 4.60. The molecule has 1 aliphatic rings. The van der Waals surface area contributed by atoms with E-state index < -0.39 is 0 Å². The zero-order valence-electron chi connectivity index (χ0n) is 17.0. The fourth-order valence-corrected chi connectivity index (χ4v) is 5.06. The summed E-state index contributed by atoms with van der Waals surface area (Å²) in [6.45, 7) is 0.637. The molecule has 2 aromatic heterocycles. The lowest BCUT2D eigenvalue weighted by Crippen LogP contribution is -2.30. The van der Waals surface area contributed by atoms with Crippen molar-refractivity contribution in [3.63, 3.8) is 0 Å². The third kappa shape index (κ3) is 4.11. The minimum atomic E-state index is -0.0659. The van der Waals surface area contributed by atoms with Gasteiger partial charge in [-0.2, -0.15) is 5.10 Å². The molecule has 4 aromatic rings. The molecule has 0 saturated carbocycles. The third-order valence-electron chi connectivity index (χ3n) is 5.38. The van der Waals surface area contributed by atoms with Crippen LogP contribution >= 0.6 is 11.8 Å². The standard InChI is InChI=1S/C25H22N4OS/c30-23-18-31-25(28(23)16-14-20-11-7-8-15-26-20)22-17-29(21-12-5-2-6-13-21)27-24(22)19-9-3-1-4-10-19/h1-13,15,17,25H,14,16,18H2/t25-/m1/s1. The van der Waals surface area contributed by atoms with Gasteiger partial charge in [-0.05, 0) is 24.3 Å². The Bertz CT molecular complexity index is 1160. The quantitative estimate of drug-likeness (QED) is 0.446. The lowest BCUT2D eigenvalue weighted by atomic mass is 10.1. The zero-order valence-corrected chi connectivity index (χ0v) is 17.8. The molecule has 3 heterocycles. The van der Waals surface area contributed by atoms with Crippen molar-refractivity contribution in [2.24, 2.45) is 0 Å². The van der Waals surface area contributed by atoms with Crippen LogP contribution in [0.4, 0.5) is 0 Å². The van der Waals surface area contributed by atoms with Gasteiger partial charge < -0.3 is 4.90 Å². The Kier molecular flexibility index (Phi) is 5.54. The molecular weight excluding hydrogens is 404 g/mol. The van der Waals surface area contributed by atoms with E-state index in [4.69, 9.17) is 5.10 Å². The number of pyridine rings is 1. The van der Waals surface area contributed by atoms with E-state index in [0.29, 0.717) is 12.3 Å². The lowest BCUT2D eigenvalue weighted by Gasteiger charge is -2.24. The average Bonchev–Trinajstić information content (AvgIpc) is 3.43. The van der Waals surface area contributed by atoms with Gasteiger partial charge in [0.1, 0.15) is 5.37 Å². The summed E-state index contributed by atoms with van der Waals surface area (Å²) in [6, 6.07) is 26.2. The van der Waals surface area contributed by atoms with Gasteiger partial charge in [0.2, 0.25) is 5.91 Å². The van der Waals surface area contributed by atoms with Crippen LogP contribution in [0.25, 0.3) is 16.9 Å². The highest BCUT2D eigenvalue weighted by Gasteiger charge is 2.35. The molecular formula is C25H22N4OS. The third-order valence-corrected chi connectivity index (χ3v) is 6.62. The maximum absolute atomic E-state index is 12.8. The number of hydrogen-bond donors (Lipinski definition) is 0. The highest BCUT2D eigenvalue weighted by atomic mass is 32.2. The molecule has 31 heavy (non-hydrogen) atoms. The molecule has 1 amide bonds. The molecule has 1 fully saturated rings. The predicted molar refractivity (Wildman–Crippen MR) is 124 cm³/mol. The first-order chi connectivity index (χ1) is 15.3. The van der Waals surface area contributed by atoms with E-state index in [-0.39, 0.29) is 11.3 Å². The fourth-order valence-electron chi connectivity index (χ4n) is 3.84. The van der Waals surface area contributed by atoms with Crippen molar-refractivity contribution in [1.82, 2.24) is 19.7 Å². The maximum atomic E-state index is 12.8. The van der Waals surface area contributed by atoms with Crippen molar-refractivity contribution >= 4 is 17.7 Å². The monoisotopic (exact) mass is 426 g/mol. The largest absolute Gasteiger partial charge is 0.325 e. The zero-order chi connectivity index (χ0) is 21.0. The van der Waals surface area contributed by atoms with Gasteiger partial charge in [0.25, 0.3) is 0 Å². The molecule has 6 heteroatoms. The Balaban J connectivity index is 1.51. The SMILES string of the molecule is O=C1CS[C@H](c2cn(-c3ccccc3)nc2-c2ccccc2)N1CCc1ccccn1. The van der Waals surface area contributed by atoms with Gasteiger partial charge >= 0.3 is 0 Å². The van der Waals surface area contributed by atoms with Crippen LogP contribution in [-0.4, -0.2) is 37.9 Å². The molecule has 0 unspecified atom stereocenters. The Labute approximate surface area is 185 Å². The second kappa shape index (κ2) is 8.78. The van der Waals surface area contributed by atoms with E-state index in [9.17, 15) is 4.79 Å². The van der Waals surface area contributed by atoms with E-state index in [1.54, 1.807) is 18.0 Å². The predicted octanol–water partition coefficient (Wildman–Crippen LogP) is 4.75. The lowest BCUT2D eigenvalue weighted by molar-refractivity contribution is -0.128. The van der Waals surface area contributed by atoms with E-state index in [1.165, 1.54) is 0 Å². The molecule has 0 bridgehead atoms. The van der Waals surface area contributed by atoms with E-state index in [1.807, 2.05) is 76.3 Å². The number of amides is 1. The minimum Gasteiger partial charge on any atom is -0.325 e. The molecule has 5 rings (SSSR count). The highest BCUT2D eigenvalue weighted by Crippen LogP contribution is 2.42. The average molecular weight is 427 g/mol. The normalized spacial score (nSPS) is 16.1. The van der Waals surface area contributed by atoms with Gasteiger partial charge in [-0.1, -0.05) is 54.6 Å².